The first-order valence-electron chi connectivity index (χ1n) is 18.2. The van der Waals surface area contributed by atoms with Crippen molar-refractivity contribution in [2.75, 3.05) is 5.32 Å². The minimum atomic E-state index is -0.934. The van der Waals surface area contributed by atoms with Crippen LogP contribution < -0.4 is 20.7 Å². The van der Waals surface area contributed by atoms with E-state index in [1.807, 2.05) is 30.3 Å². The molecular weight excluding hydrogens is 704 g/mol. The van der Waals surface area contributed by atoms with Gasteiger partial charge in [0.1, 0.15) is 28.6 Å². The Morgan fingerprint density at radius 2 is 1.38 bits per heavy atom. The number of esters is 2. The van der Waals surface area contributed by atoms with Gasteiger partial charge in [-0.2, -0.15) is 0 Å². The van der Waals surface area contributed by atoms with Crippen LogP contribution in [0.4, 0.5) is 15.3 Å². The molecular formula is C42H52N4O9. The van der Waals surface area contributed by atoms with Gasteiger partial charge in [0.25, 0.3) is 0 Å². The molecule has 13 nitrogen and oxygen atoms in total. The van der Waals surface area contributed by atoms with E-state index in [0.717, 1.165) is 29.5 Å². The number of carbonyl (C=O) groups is 5. The van der Waals surface area contributed by atoms with Gasteiger partial charge in [-0.1, -0.05) is 36.4 Å². The van der Waals surface area contributed by atoms with Gasteiger partial charge in [-0.3, -0.25) is 10.1 Å². The zero-order chi connectivity index (χ0) is 40.6. The highest BCUT2D eigenvalue weighted by atomic mass is 16.6. The summed E-state index contributed by atoms with van der Waals surface area (Å²) in [7, 11) is 0. The quantitative estimate of drug-likeness (QED) is 0.0615. The summed E-state index contributed by atoms with van der Waals surface area (Å²) >= 11 is 0. The van der Waals surface area contributed by atoms with Crippen LogP contribution in [0.1, 0.15) is 108 Å². The van der Waals surface area contributed by atoms with Crippen molar-refractivity contribution in [3.63, 3.8) is 0 Å². The minimum absolute atomic E-state index is 0.0324. The molecule has 0 unspecified atom stereocenters. The van der Waals surface area contributed by atoms with Crippen LogP contribution in [-0.2, 0) is 36.6 Å². The van der Waals surface area contributed by atoms with E-state index in [0.29, 0.717) is 11.4 Å². The first-order chi connectivity index (χ1) is 25.6. The number of guanidine groups is 1. The number of anilines is 1. The Morgan fingerprint density at radius 3 is 1.96 bits per heavy atom. The maximum atomic E-state index is 13.4. The molecule has 13 heteroatoms. The van der Waals surface area contributed by atoms with E-state index < -0.39 is 47.0 Å². The van der Waals surface area contributed by atoms with Crippen LogP contribution in [0.5, 0.6) is 5.75 Å². The van der Waals surface area contributed by atoms with Crippen LogP contribution in [0.2, 0.25) is 0 Å². The lowest BCUT2D eigenvalue weighted by molar-refractivity contribution is -0.158. The molecule has 0 aliphatic heterocycles. The fraction of sp³-hybridized carbons (Fsp3) is 0.429. The maximum Gasteiger partial charge on any atom is 0.437 e. The predicted octanol–water partition coefficient (Wildman–Crippen LogP) is 7.62. The van der Waals surface area contributed by atoms with Crippen LogP contribution in [0.15, 0.2) is 77.8 Å². The Kier molecular flexibility index (Phi) is 13.5. The number of nitrogens with zero attached hydrogens (tertiary/aromatic N) is 1. The third-order valence-electron chi connectivity index (χ3n) is 7.60. The summed E-state index contributed by atoms with van der Waals surface area (Å²) in [5.41, 5.74) is 0.876. The van der Waals surface area contributed by atoms with Crippen molar-refractivity contribution in [3.05, 3.63) is 95.1 Å². The molecule has 1 aliphatic carbocycles. The number of aliphatic imine (C=N–C) groups is 1. The molecule has 4 rings (SSSR count). The molecule has 1 aliphatic rings. The van der Waals surface area contributed by atoms with Crippen molar-refractivity contribution in [1.29, 1.82) is 0 Å². The van der Waals surface area contributed by atoms with E-state index >= 15 is 0 Å². The molecule has 3 N–H and O–H groups in total. The van der Waals surface area contributed by atoms with Gasteiger partial charge in [-0.05, 0) is 134 Å². The summed E-state index contributed by atoms with van der Waals surface area (Å²) in [6, 6.07) is 19.9. The second-order valence-electron chi connectivity index (χ2n) is 16.3. The molecule has 0 bridgehead atoms. The molecule has 3 aromatic carbocycles. The molecule has 3 amide bonds. The third-order valence-corrected chi connectivity index (χ3v) is 7.60. The van der Waals surface area contributed by atoms with E-state index in [9.17, 15) is 24.0 Å². The second-order valence-corrected chi connectivity index (χ2v) is 16.3. The van der Waals surface area contributed by atoms with Crippen molar-refractivity contribution in [2.24, 2.45) is 4.99 Å². The number of amides is 3. The molecule has 0 aromatic heterocycles. The lowest BCUT2D eigenvalue weighted by Gasteiger charge is -2.25. The van der Waals surface area contributed by atoms with E-state index in [1.165, 1.54) is 12.1 Å². The van der Waals surface area contributed by atoms with Crippen molar-refractivity contribution < 1.29 is 42.9 Å². The number of alkyl carbamates (subject to hydrolysis) is 1. The largest absolute Gasteiger partial charge is 0.458 e. The molecule has 0 saturated heterocycles. The summed E-state index contributed by atoms with van der Waals surface area (Å²) in [6.45, 7) is 15.5. The van der Waals surface area contributed by atoms with Crippen LogP contribution >= 0.6 is 0 Å². The molecule has 0 radical (unpaired) electrons. The van der Waals surface area contributed by atoms with Crippen LogP contribution in [0.3, 0.4) is 0 Å². The van der Waals surface area contributed by atoms with Gasteiger partial charge >= 0.3 is 24.1 Å². The zero-order valence-electron chi connectivity index (χ0n) is 33.0. The molecule has 3 aromatic rings. The molecule has 294 valence electrons. The van der Waals surface area contributed by atoms with Crippen molar-refractivity contribution >= 4 is 41.7 Å². The van der Waals surface area contributed by atoms with E-state index in [-0.39, 0.29) is 36.2 Å². The summed E-state index contributed by atoms with van der Waals surface area (Å²) in [5.74, 6) is -1.14. The lowest BCUT2D eigenvalue weighted by Crippen LogP contribution is -2.46. The average Bonchev–Trinajstić information content (AvgIpc) is 3.89. The number of nitrogens with one attached hydrogen (secondary N) is 3. The van der Waals surface area contributed by atoms with Gasteiger partial charge in [0.2, 0.25) is 11.9 Å². The summed E-state index contributed by atoms with van der Waals surface area (Å²) in [4.78, 5) is 68.4. The van der Waals surface area contributed by atoms with E-state index in [4.69, 9.17) is 18.9 Å². The zero-order valence-corrected chi connectivity index (χ0v) is 33.0. The SMILES string of the molecule is CC(C)(C)OC(=O)/N=C(/NC(=O)OC(C)(C)C)Nc1ccc(C(=O)Oc2ccc(CC(=O)N[C@@H](Cc3ccccc3)C(=O)OC(C)(C)C)c(C3CC3)c2)cc1. The number of benzene rings is 3. The van der Waals surface area contributed by atoms with Crippen LogP contribution in [-0.4, -0.2) is 58.8 Å². The van der Waals surface area contributed by atoms with Gasteiger partial charge in [0, 0.05) is 12.1 Å². The molecule has 1 saturated carbocycles. The van der Waals surface area contributed by atoms with Gasteiger partial charge in [-0.25, -0.2) is 19.2 Å². The number of carbonyl (C=O) groups excluding carboxylic acids is 5. The molecule has 1 atom stereocenters. The predicted molar refractivity (Wildman–Crippen MR) is 208 cm³/mol. The highest BCUT2D eigenvalue weighted by molar-refractivity contribution is 6.06. The Labute approximate surface area is 322 Å². The smallest absolute Gasteiger partial charge is 0.437 e. The lowest BCUT2D eigenvalue weighted by atomic mass is 9.99. The summed E-state index contributed by atoms with van der Waals surface area (Å²) in [5, 5.41) is 8.14. The fourth-order valence-corrected chi connectivity index (χ4v) is 5.26. The Bertz CT molecular complexity index is 1880. The molecule has 55 heavy (non-hydrogen) atoms. The Morgan fingerprint density at radius 1 is 0.764 bits per heavy atom. The standard InChI is InChI=1S/C42H52N4O9/c1-40(2,3)53-36(49)33(23-26-13-11-10-12-14-26)44-34(47)24-29-19-22-31(25-32(29)27-15-16-27)52-35(48)28-17-20-30(21-18-28)43-37(45-38(50)54-41(4,5)6)46-39(51)55-42(7,8)9/h10-14,17-22,25,27,33H,15-16,23-24H2,1-9H3,(H,44,47)(H2,43,45,46,50,51)/t33-/m0/s1. The topological polar surface area (TPSA) is 171 Å². The maximum absolute atomic E-state index is 13.4. The summed E-state index contributed by atoms with van der Waals surface area (Å²) in [6.07, 6.45) is 0.426. The van der Waals surface area contributed by atoms with Crippen molar-refractivity contribution in [3.8, 4) is 5.75 Å². The van der Waals surface area contributed by atoms with Gasteiger partial charge in [0.15, 0.2) is 0 Å². The third kappa shape index (κ3) is 14.9. The second kappa shape index (κ2) is 17.6. The number of rotatable bonds is 10. The first kappa shape index (κ1) is 42.0. The number of hydrogen-bond acceptors (Lipinski definition) is 9. The monoisotopic (exact) mass is 756 g/mol. The minimum Gasteiger partial charge on any atom is -0.458 e. The molecule has 1 fully saturated rings. The Hall–Kier alpha value is -5.72. The van der Waals surface area contributed by atoms with E-state index in [2.05, 4.69) is 20.9 Å². The average molecular weight is 757 g/mol. The number of ether oxygens (including phenoxy) is 4. The number of hydrogen-bond donors (Lipinski definition) is 3. The normalized spacial score (nSPS) is 13.9. The fourth-order valence-electron chi connectivity index (χ4n) is 5.26. The van der Waals surface area contributed by atoms with Crippen molar-refractivity contribution in [1.82, 2.24) is 10.6 Å². The first-order valence-corrected chi connectivity index (χ1v) is 18.2. The highest BCUT2D eigenvalue weighted by Gasteiger charge is 2.30. The van der Waals surface area contributed by atoms with E-state index in [1.54, 1.807) is 92.6 Å². The highest BCUT2D eigenvalue weighted by Crippen LogP contribution is 2.43. The van der Waals surface area contributed by atoms with Crippen molar-refractivity contribution in [2.45, 2.75) is 117 Å². The van der Waals surface area contributed by atoms with Crippen LogP contribution in [0, 0.1) is 0 Å². The van der Waals surface area contributed by atoms with Gasteiger partial charge < -0.3 is 29.6 Å². The Balaban J connectivity index is 1.43. The van der Waals surface area contributed by atoms with Crippen LogP contribution in [0.25, 0.3) is 0 Å². The molecule has 0 spiro atoms. The van der Waals surface area contributed by atoms with Gasteiger partial charge in [0.05, 0.1) is 12.0 Å². The van der Waals surface area contributed by atoms with Gasteiger partial charge in [-0.15, -0.1) is 4.99 Å². The molecule has 0 heterocycles. The summed E-state index contributed by atoms with van der Waals surface area (Å²) < 4.78 is 21.9.